The molecule has 5 heteroatoms. The van der Waals surface area contributed by atoms with Crippen molar-refractivity contribution in [3.05, 3.63) is 0 Å². The van der Waals surface area contributed by atoms with Crippen LogP contribution in [-0.2, 0) is 9.59 Å². The molecule has 0 aromatic carbocycles. The molecule has 0 radical (unpaired) electrons. The maximum absolute atomic E-state index is 12.2. The highest BCUT2D eigenvalue weighted by Gasteiger charge is 2.42. The third-order valence-electron chi connectivity index (χ3n) is 4.73. The molecule has 0 aromatic heterocycles. The highest BCUT2D eigenvalue weighted by atomic mass is 32.2. The van der Waals surface area contributed by atoms with Crippen LogP contribution in [0.2, 0.25) is 0 Å². The Morgan fingerprint density at radius 1 is 1.32 bits per heavy atom. The van der Waals surface area contributed by atoms with Gasteiger partial charge in [0, 0.05) is 11.3 Å². The topological polar surface area (TPSA) is 66.4 Å². The number of hydrogen-bond acceptors (Lipinski definition) is 3. The molecule has 4 nitrogen and oxygen atoms in total. The first-order chi connectivity index (χ1) is 8.97. The predicted octanol–water partition coefficient (Wildman–Crippen LogP) is 2.14. The van der Waals surface area contributed by atoms with Crippen LogP contribution < -0.4 is 5.32 Å². The fraction of sp³-hybridized carbons (Fsp3) is 0.857. The third-order valence-corrected chi connectivity index (χ3v) is 6.15. The summed E-state index contributed by atoms with van der Waals surface area (Å²) in [6, 6.07) is 0. The fourth-order valence-electron chi connectivity index (χ4n) is 3.26. The van der Waals surface area contributed by atoms with Gasteiger partial charge in [-0.05, 0) is 37.9 Å². The van der Waals surface area contributed by atoms with E-state index in [0.29, 0.717) is 25.3 Å². The summed E-state index contributed by atoms with van der Waals surface area (Å²) in [6.45, 7) is 2.71. The number of carbonyl (C=O) groups is 2. The number of carbonyl (C=O) groups excluding carboxylic acids is 1. The molecule has 2 aliphatic rings. The molecule has 0 heterocycles. The Kier molecular flexibility index (Phi) is 4.43. The number of hydrogen-bond donors (Lipinski definition) is 2. The average molecular weight is 285 g/mol. The minimum absolute atomic E-state index is 0.0583. The smallest absolute Gasteiger partial charge is 0.307 e. The van der Waals surface area contributed by atoms with Crippen LogP contribution in [0.4, 0.5) is 0 Å². The van der Waals surface area contributed by atoms with Crippen molar-refractivity contribution in [2.75, 3.05) is 12.8 Å². The first-order valence-electron chi connectivity index (χ1n) is 7.03. The molecule has 2 N–H and O–H groups in total. The predicted molar refractivity (Wildman–Crippen MR) is 76.1 cm³/mol. The van der Waals surface area contributed by atoms with Crippen molar-refractivity contribution in [2.24, 2.45) is 17.8 Å². The molecule has 2 saturated carbocycles. The van der Waals surface area contributed by atoms with Gasteiger partial charge in [0.15, 0.2) is 0 Å². The summed E-state index contributed by atoms with van der Waals surface area (Å²) >= 11 is 1.82. The molecule has 3 unspecified atom stereocenters. The maximum Gasteiger partial charge on any atom is 0.307 e. The van der Waals surface area contributed by atoms with Gasteiger partial charge < -0.3 is 10.4 Å². The summed E-state index contributed by atoms with van der Waals surface area (Å²) in [5.74, 6) is -1.40. The third kappa shape index (κ3) is 3.07. The molecule has 19 heavy (non-hydrogen) atoms. The van der Waals surface area contributed by atoms with Crippen molar-refractivity contribution < 1.29 is 14.7 Å². The van der Waals surface area contributed by atoms with Crippen LogP contribution in [0.1, 0.15) is 39.0 Å². The van der Waals surface area contributed by atoms with E-state index in [1.165, 1.54) is 6.42 Å². The van der Waals surface area contributed by atoms with Crippen LogP contribution in [0.15, 0.2) is 0 Å². The summed E-state index contributed by atoms with van der Waals surface area (Å²) in [7, 11) is 0. The summed E-state index contributed by atoms with van der Waals surface area (Å²) in [4.78, 5) is 23.4. The second-order valence-corrected chi connectivity index (χ2v) is 7.36. The van der Waals surface area contributed by atoms with Crippen molar-refractivity contribution in [3.8, 4) is 0 Å². The zero-order chi connectivity index (χ0) is 14.0. The van der Waals surface area contributed by atoms with Gasteiger partial charge in [-0.3, -0.25) is 9.59 Å². The lowest BCUT2D eigenvalue weighted by atomic mass is 9.84. The minimum atomic E-state index is -0.826. The molecule has 0 aromatic rings. The van der Waals surface area contributed by atoms with Gasteiger partial charge >= 0.3 is 5.97 Å². The molecule has 2 fully saturated rings. The molecule has 0 aliphatic heterocycles. The maximum atomic E-state index is 12.2. The molecule has 1 amide bonds. The number of aliphatic carboxylic acids is 1. The Morgan fingerprint density at radius 2 is 1.95 bits per heavy atom. The van der Waals surface area contributed by atoms with Crippen LogP contribution in [0.3, 0.4) is 0 Å². The molecule has 2 aliphatic carbocycles. The van der Waals surface area contributed by atoms with Gasteiger partial charge in [0.1, 0.15) is 0 Å². The lowest BCUT2D eigenvalue weighted by Crippen LogP contribution is -2.47. The molecular formula is C14H23NO3S. The second-order valence-electron chi connectivity index (χ2n) is 6.09. The van der Waals surface area contributed by atoms with E-state index in [1.54, 1.807) is 0 Å². The van der Waals surface area contributed by atoms with Gasteiger partial charge in [-0.1, -0.05) is 13.3 Å². The van der Waals surface area contributed by atoms with Crippen LogP contribution in [-0.4, -0.2) is 34.5 Å². The largest absolute Gasteiger partial charge is 0.481 e. The highest BCUT2D eigenvalue weighted by Crippen LogP contribution is 2.42. The van der Waals surface area contributed by atoms with Crippen molar-refractivity contribution in [3.63, 3.8) is 0 Å². The fourth-order valence-corrected chi connectivity index (χ4v) is 4.17. The van der Waals surface area contributed by atoms with E-state index < -0.39 is 11.9 Å². The first kappa shape index (κ1) is 14.7. The molecule has 108 valence electrons. The van der Waals surface area contributed by atoms with Gasteiger partial charge in [0.05, 0.1) is 11.8 Å². The number of amides is 1. The van der Waals surface area contributed by atoms with Crippen molar-refractivity contribution in [1.82, 2.24) is 5.32 Å². The van der Waals surface area contributed by atoms with E-state index in [9.17, 15) is 14.7 Å². The lowest BCUT2D eigenvalue weighted by Gasteiger charge is -2.40. The summed E-state index contributed by atoms with van der Waals surface area (Å²) < 4.78 is 0.207. The van der Waals surface area contributed by atoms with Crippen LogP contribution in [0.5, 0.6) is 0 Å². The van der Waals surface area contributed by atoms with Gasteiger partial charge in [0.25, 0.3) is 0 Å². The molecule has 0 spiro atoms. The average Bonchev–Trinajstić information content (AvgIpc) is 2.70. The van der Waals surface area contributed by atoms with Crippen LogP contribution in [0, 0.1) is 17.8 Å². The zero-order valence-electron chi connectivity index (χ0n) is 11.6. The summed E-state index contributed by atoms with van der Waals surface area (Å²) in [6.07, 6.45) is 6.95. The van der Waals surface area contributed by atoms with Gasteiger partial charge in [0.2, 0.25) is 5.91 Å². The second kappa shape index (κ2) is 5.73. The molecule has 0 bridgehead atoms. The van der Waals surface area contributed by atoms with E-state index in [0.717, 1.165) is 12.8 Å². The molecule has 0 saturated heterocycles. The van der Waals surface area contributed by atoms with E-state index in [4.69, 9.17) is 0 Å². The molecule has 3 atom stereocenters. The number of rotatable bonds is 5. The van der Waals surface area contributed by atoms with Crippen LogP contribution in [0.25, 0.3) is 0 Å². The molecular weight excluding hydrogens is 262 g/mol. The van der Waals surface area contributed by atoms with E-state index in [2.05, 4.69) is 11.6 Å². The van der Waals surface area contributed by atoms with Crippen LogP contribution >= 0.6 is 11.8 Å². The summed E-state index contributed by atoms with van der Waals surface area (Å²) in [5.41, 5.74) is 0. The Labute approximate surface area is 118 Å². The van der Waals surface area contributed by atoms with Crippen molar-refractivity contribution >= 4 is 23.6 Å². The van der Waals surface area contributed by atoms with Gasteiger partial charge in [-0.2, -0.15) is 11.8 Å². The van der Waals surface area contributed by atoms with Crippen molar-refractivity contribution in [2.45, 2.75) is 43.8 Å². The Morgan fingerprint density at radius 3 is 2.42 bits per heavy atom. The standard InChI is InChI=1S/C14H23NO3S/c1-9-6-10(11(7-9)13(17)18)12(16)15-8-14(19-2)4-3-5-14/h9-11H,3-8H2,1-2H3,(H,15,16)(H,17,18). The Balaban J connectivity index is 1.90. The number of thioether (sulfide) groups is 1. The van der Waals surface area contributed by atoms with E-state index in [-0.39, 0.29) is 16.6 Å². The van der Waals surface area contributed by atoms with E-state index >= 15 is 0 Å². The monoisotopic (exact) mass is 285 g/mol. The first-order valence-corrected chi connectivity index (χ1v) is 8.25. The Bertz CT molecular complexity index is 362. The molecule has 2 rings (SSSR count). The number of carboxylic acids is 1. The Hall–Kier alpha value is -0.710. The SMILES string of the molecule is CSC1(CNC(=O)C2CC(C)CC2C(=O)O)CCC1. The number of carboxylic acid groups (broad SMARTS) is 1. The number of nitrogens with one attached hydrogen (secondary N) is 1. The highest BCUT2D eigenvalue weighted by molar-refractivity contribution is 8.00. The quantitative estimate of drug-likeness (QED) is 0.812. The summed E-state index contributed by atoms with van der Waals surface area (Å²) in [5, 5.41) is 12.2. The zero-order valence-corrected chi connectivity index (χ0v) is 12.5. The van der Waals surface area contributed by atoms with Gasteiger partial charge in [-0.25, -0.2) is 0 Å². The van der Waals surface area contributed by atoms with Gasteiger partial charge in [-0.15, -0.1) is 0 Å². The minimum Gasteiger partial charge on any atom is -0.481 e. The normalized spacial score (nSPS) is 32.6. The van der Waals surface area contributed by atoms with Crippen molar-refractivity contribution in [1.29, 1.82) is 0 Å². The van der Waals surface area contributed by atoms with E-state index in [1.807, 2.05) is 18.7 Å². The lowest BCUT2D eigenvalue weighted by molar-refractivity contribution is -0.146.